The first-order valence-electron chi connectivity index (χ1n) is 9.77. The van der Waals surface area contributed by atoms with Crippen molar-refractivity contribution in [2.45, 2.75) is 53.6 Å². The Morgan fingerprint density at radius 1 is 0.967 bits per heavy atom. The van der Waals surface area contributed by atoms with Gasteiger partial charge in [-0.1, -0.05) is 20.8 Å². The van der Waals surface area contributed by atoms with E-state index in [1.807, 2.05) is 41.5 Å². The van der Waals surface area contributed by atoms with Crippen LogP contribution < -0.4 is 5.32 Å². The Morgan fingerprint density at radius 2 is 1.53 bits per heavy atom. The lowest BCUT2D eigenvalue weighted by Gasteiger charge is -2.24. The summed E-state index contributed by atoms with van der Waals surface area (Å²) >= 11 is 0. The van der Waals surface area contributed by atoms with Crippen LogP contribution in [0.15, 0.2) is 24.3 Å². The van der Waals surface area contributed by atoms with Crippen molar-refractivity contribution in [3.63, 3.8) is 0 Å². The molecule has 2 aromatic rings. The number of aromatic nitrogens is 4. The predicted molar refractivity (Wildman–Crippen MR) is 114 cm³/mol. The highest BCUT2D eigenvalue weighted by Crippen LogP contribution is 2.20. The second-order valence-corrected chi connectivity index (χ2v) is 9.07. The highest BCUT2D eigenvalue weighted by atomic mass is 16.6. The van der Waals surface area contributed by atoms with Crippen molar-refractivity contribution in [3.05, 3.63) is 30.1 Å². The lowest BCUT2D eigenvalue weighted by atomic mass is 9.95. The molecule has 0 aliphatic carbocycles. The largest absolute Gasteiger partial charge is 0.444 e. The molecule has 9 heteroatoms. The number of carbonyl (C=O) groups is 2. The van der Waals surface area contributed by atoms with E-state index in [1.54, 1.807) is 31.3 Å². The van der Waals surface area contributed by atoms with E-state index in [0.717, 1.165) is 5.56 Å². The molecule has 0 radical (unpaired) electrons. The van der Waals surface area contributed by atoms with Crippen LogP contribution in [-0.4, -0.2) is 56.5 Å². The molecular weight excluding hydrogens is 384 g/mol. The summed E-state index contributed by atoms with van der Waals surface area (Å²) in [6.07, 6.45) is 0.00651. The van der Waals surface area contributed by atoms with Crippen LogP contribution in [0.5, 0.6) is 0 Å². The summed E-state index contributed by atoms with van der Waals surface area (Å²) in [5.41, 5.74) is 0.420. The minimum absolute atomic E-state index is 0.0597. The number of benzene rings is 1. The van der Waals surface area contributed by atoms with Crippen LogP contribution in [-0.2, 0) is 16.0 Å². The summed E-state index contributed by atoms with van der Waals surface area (Å²) in [6, 6.07) is 7.16. The van der Waals surface area contributed by atoms with Gasteiger partial charge in [0, 0.05) is 36.7 Å². The summed E-state index contributed by atoms with van der Waals surface area (Å²) in [5, 5.41) is 19.3. The molecule has 1 aromatic carbocycles. The van der Waals surface area contributed by atoms with Gasteiger partial charge >= 0.3 is 6.09 Å². The zero-order valence-electron chi connectivity index (χ0n) is 18.7. The highest BCUT2D eigenvalue weighted by molar-refractivity contribution is 5.94. The Balaban J connectivity index is 1.94. The van der Waals surface area contributed by atoms with Crippen LogP contribution in [0, 0.1) is 5.41 Å². The molecule has 0 saturated carbocycles. The number of nitrogens with zero attached hydrogens (tertiary/aromatic N) is 5. The van der Waals surface area contributed by atoms with Crippen LogP contribution in [0.3, 0.4) is 0 Å². The van der Waals surface area contributed by atoms with Crippen molar-refractivity contribution in [1.29, 1.82) is 0 Å². The molecule has 1 heterocycles. The maximum Gasteiger partial charge on any atom is 0.410 e. The standard InChI is InChI=1S/C21H30N6O3/c1-20(2,3)18(28)22-15-10-8-14(9-11-15)17-25-23-16(24-26-17)12-13-27(7)19(29)30-21(4,5)6/h8-11H,12-13H2,1-7H3,(H,22,28). The fourth-order valence-corrected chi connectivity index (χ4v) is 2.19. The van der Waals surface area contributed by atoms with Crippen molar-refractivity contribution in [2.24, 2.45) is 5.41 Å². The molecule has 0 spiro atoms. The molecule has 162 valence electrons. The van der Waals surface area contributed by atoms with Gasteiger partial charge in [-0.2, -0.15) is 0 Å². The van der Waals surface area contributed by atoms with Crippen molar-refractivity contribution in [2.75, 3.05) is 18.9 Å². The first kappa shape index (κ1) is 23.2. The summed E-state index contributed by atoms with van der Waals surface area (Å²) in [4.78, 5) is 25.5. The van der Waals surface area contributed by atoms with E-state index in [1.165, 1.54) is 4.90 Å². The van der Waals surface area contributed by atoms with Gasteiger partial charge in [0.15, 0.2) is 5.82 Å². The van der Waals surface area contributed by atoms with Crippen molar-refractivity contribution in [1.82, 2.24) is 25.3 Å². The minimum Gasteiger partial charge on any atom is -0.444 e. The zero-order chi connectivity index (χ0) is 22.5. The van der Waals surface area contributed by atoms with Crippen LogP contribution in [0.1, 0.15) is 47.4 Å². The number of amides is 2. The maximum absolute atomic E-state index is 12.1. The van der Waals surface area contributed by atoms with Crippen LogP contribution in [0.2, 0.25) is 0 Å². The molecule has 2 rings (SSSR count). The van der Waals surface area contributed by atoms with Crippen LogP contribution in [0.4, 0.5) is 10.5 Å². The molecule has 1 aromatic heterocycles. The fraction of sp³-hybridized carbons (Fsp3) is 0.524. The first-order chi connectivity index (χ1) is 13.8. The van der Waals surface area contributed by atoms with Gasteiger partial charge in [0.2, 0.25) is 11.7 Å². The van der Waals surface area contributed by atoms with Crippen molar-refractivity contribution >= 4 is 17.7 Å². The van der Waals surface area contributed by atoms with E-state index >= 15 is 0 Å². The summed E-state index contributed by atoms with van der Waals surface area (Å²) in [6.45, 7) is 11.4. The molecule has 0 atom stereocenters. The lowest BCUT2D eigenvalue weighted by molar-refractivity contribution is -0.123. The van der Waals surface area contributed by atoms with Gasteiger partial charge in [-0.05, 0) is 45.0 Å². The normalized spacial score (nSPS) is 11.7. The van der Waals surface area contributed by atoms with E-state index in [9.17, 15) is 9.59 Å². The minimum atomic E-state index is -0.544. The second-order valence-electron chi connectivity index (χ2n) is 9.07. The Kier molecular flexibility index (Phi) is 7.07. The number of hydrogen-bond acceptors (Lipinski definition) is 7. The average molecular weight is 415 g/mol. The zero-order valence-corrected chi connectivity index (χ0v) is 18.7. The number of carbonyl (C=O) groups excluding carboxylic acids is 2. The maximum atomic E-state index is 12.1. The molecule has 9 nitrogen and oxygen atoms in total. The van der Waals surface area contributed by atoms with Crippen LogP contribution in [0.25, 0.3) is 11.4 Å². The van der Waals surface area contributed by atoms with Gasteiger partial charge < -0.3 is 15.0 Å². The second kappa shape index (κ2) is 9.15. The molecule has 0 bridgehead atoms. The molecule has 2 amide bonds. The van der Waals surface area contributed by atoms with Crippen LogP contribution >= 0.6 is 0 Å². The van der Waals surface area contributed by atoms with Gasteiger partial charge in [0.1, 0.15) is 5.60 Å². The fourth-order valence-electron chi connectivity index (χ4n) is 2.19. The molecule has 30 heavy (non-hydrogen) atoms. The number of nitrogens with one attached hydrogen (secondary N) is 1. The van der Waals surface area contributed by atoms with Gasteiger partial charge in [0.05, 0.1) is 0 Å². The van der Waals surface area contributed by atoms with E-state index in [-0.39, 0.29) is 5.91 Å². The Hall–Kier alpha value is -3.10. The topological polar surface area (TPSA) is 110 Å². The summed E-state index contributed by atoms with van der Waals surface area (Å²) < 4.78 is 5.31. The third kappa shape index (κ3) is 7.06. The van der Waals surface area contributed by atoms with Gasteiger partial charge in [-0.25, -0.2) is 4.79 Å². The molecular formula is C21H30N6O3. The molecule has 1 N–H and O–H groups in total. The van der Waals surface area contributed by atoms with Gasteiger partial charge in [0.25, 0.3) is 0 Å². The summed E-state index contributed by atoms with van der Waals surface area (Å²) in [5.74, 6) is 0.756. The third-order valence-electron chi connectivity index (χ3n) is 3.98. The number of hydrogen-bond donors (Lipinski definition) is 1. The number of ether oxygens (including phenoxy) is 1. The Bertz CT molecular complexity index is 868. The summed E-state index contributed by atoms with van der Waals surface area (Å²) in [7, 11) is 1.66. The van der Waals surface area contributed by atoms with E-state index in [2.05, 4.69) is 25.7 Å². The molecule has 0 fully saturated rings. The molecule has 0 unspecified atom stereocenters. The third-order valence-corrected chi connectivity index (χ3v) is 3.98. The van der Waals surface area contributed by atoms with Gasteiger partial charge in [-0.3, -0.25) is 4.79 Å². The average Bonchev–Trinajstić information content (AvgIpc) is 2.65. The van der Waals surface area contributed by atoms with Crippen molar-refractivity contribution in [3.8, 4) is 11.4 Å². The number of anilines is 1. The van der Waals surface area contributed by atoms with Gasteiger partial charge in [-0.15, -0.1) is 20.4 Å². The van der Waals surface area contributed by atoms with E-state index in [4.69, 9.17) is 4.74 Å². The Morgan fingerprint density at radius 3 is 2.03 bits per heavy atom. The van der Waals surface area contributed by atoms with E-state index in [0.29, 0.717) is 30.3 Å². The highest BCUT2D eigenvalue weighted by Gasteiger charge is 2.21. The number of likely N-dealkylation sites (N-methyl/N-ethyl adjacent to an activating group) is 1. The molecule has 0 aliphatic rings. The Labute approximate surface area is 177 Å². The smallest absolute Gasteiger partial charge is 0.410 e. The van der Waals surface area contributed by atoms with E-state index < -0.39 is 17.1 Å². The molecule has 0 aliphatic heterocycles. The quantitative estimate of drug-likeness (QED) is 0.799. The molecule has 0 saturated heterocycles. The first-order valence-corrected chi connectivity index (χ1v) is 9.77. The lowest BCUT2D eigenvalue weighted by Crippen LogP contribution is -2.35. The SMILES string of the molecule is CN(CCc1nnc(-c2ccc(NC(=O)C(C)(C)C)cc2)nn1)C(=O)OC(C)(C)C. The predicted octanol–water partition coefficient (Wildman–Crippen LogP) is 3.33. The monoisotopic (exact) mass is 414 g/mol. The van der Waals surface area contributed by atoms with Crippen molar-refractivity contribution < 1.29 is 14.3 Å². The number of rotatable bonds is 5.